The van der Waals surface area contributed by atoms with Gasteiger partial charge in [0.1, 0.15) is 0 Å². The van der Waals surface area contributed by atoms with Gasteiger partial charge in [-0.2, -0.15) is 0 Å². The molecule has 2 N–H and O–H groups in total. The molecule has 20 heavy (non-hydrogen) atoms. The Bertz CT molecular complexity index is 288. The summed E-state index contributed by atoms with van der Waals surface area (Å²) in [7, 11) is 0. The molecule has 3 heteroatoms. The summed E-state index contributed by atoms with van der Waals surface area (Å²) >= 11 is 0. The second-order valence-electron chi connectivity index (χ2n) is 7.38. The minimum Gasteiger partial charge on any atom is -0.341 e. The van der Waals surface area contributed by atoms with E-state index in [9.17, 15) is 4.79 Å². The lowest BCUT2D eigenvalue weighted by Gasteiger charge is -2.38. The molecule has 118 valence electrons. The number of nitrogens with zero attached hydrogens (tertiary/aromatic N) is 1. The van der Waals surface area contributed by atoms with E-state index < -0.39 is 0 Å². The van der Waals surface area contributed by atoms with Crippen molar-refractivity contribution in [3.63, 3.8) is 0 Å². The van der Waals surface area contributed by atoms with Crippen molar-refractivity contribution < 1.29 is 4.79 Å². The van der Waals surface area contributed by atoms with Crippen LogP contribution in [-0.2, 0) is 4.79 Å². The molecule has 1 aliphatic rings. The van der Waals surface area contributed by atoms with Crippen LogP contribution in [0, 0.1) is 17.3 Å². The molecule has 1 rings (SSSR count). The standard InChI is InChI=1S/C17H34N2O/c1-5-6-12-19(13-11-18)16(20)14-7-9-15(10-8-14)17(2,3)4/h14-15H,5-13,18H2,1-4H3. The van der Waals surface area contributed by atoms with Gasteiger partial charge in [0.15, 0.2) is 0 Å². The van der Waals surface area contributed by atoms with Crippen molar-refractivity contribution in [3.05, 3.63) is 0 Å². The first-order chi connectivity index (χ1) is 9.40. The van der Waals surface area contributed by atoms with Crippen molar-refractivity contribution in [3.8, 4) is 0 Å². The van der Waals surface area contributed by atoms with Crippen molar-refractivity contribution >= 4 is 5.91 Å². The van der Waals surface area contributed by atoms with Crippen LogP contribution in [-0.4, -0.2) is 30.4 Å². The fraction of sp³-hybridized carbons (Fsp3) is 0.941. The summed E-state index contributed by atoms with van der Waals surface area (Å²) in [5.74, 6) is 1.37. The lowest BCUT2D eigenvalue weighted by Crippen LogP contribution is -2.41. The van der Waals surface area contributed by atoms with E-state index in [2.05, 4.69) is 27.7 Å². The lowest BCUT2D eigenvalue weighted by atomic mass is 9.69. The van der Waals surface area contributed by atoms with E-state index in [1.807, 2.05) is 4.90 Å². The normalized spacial score (nSPS) is 23.6. The molecule has 0 radical (unpaired) electrons. The largest absolute Gasteiger partial charge is 0.341 e. The zero-order valence-electron chi connectivity index (χ0n) is 14.0. The van der Waals surface area contributed by atoms with Gasteiger partial charge in [-0.15, -0.1) is 0 Å². The first-order valence-corrected chi connectivity index (χ1v) is 8.39. The first-order valence-electron chi connectivity index (χ1n) is 8.39. The number of hydrogen-bond acceptors (Lipinski definition) is 2. The number of carbonyl (C=O) groups excluding carboxylic acids is 1. The lowest BCUT2D eigenvalue weighted by molar-refractivity contribution is -0.137. The smallest absolute Gasteiger partial charge is 0.225 e. The second-order valence-corrected chi connectivity index (χ2v) is 7.38. The maximum atomic E-state index is 12.6. The molecule has 0 bridgehead atoms. The van der Waals surface area contributed by atoms with Crippen LogP contribution >= 0.6 is 0 Å². The molecule has 1 amide bonds. The molecule has 0 unspecified atom stereocenters. The van der Waals surface area contributed by atoms with Gasteiger partial charge >= 0.3 is 0 Å². The number of rotatable bonds is 6. The van der Waals surface area contributed by atoms with Crippen molar-refractivity contribution in [1.82, 2.24) is 4.90 Å². The quantitative estimate of drug-likeness (QED) is 0.811. The van der Waals surface area contributed by atoms with Gasteiger partial charge in [-0.25, -0.2) is 0 Å². The molecule has 3 nitrogen and oxygen atoms in total. The molecule has 0 saturated heterocycles. The maximum absolute atomic E-state index is 12.6. The molecule has 0 aromatic heterocycles. The van der Waals surface area contributed by atoms with Crippen molar-refractivity contribution in [2.75, 3.05) is 19.6 Å². The zero-order chi connectivity index (χ0) is 15.2. The molecule has 0 aliphatic heterocycles. The molecule has 0 spiro atoms. The number of unbranched alkanes of at least 4 members (excludes halogenated alkanes) is 1. The molecule has 0 aromatic rings. The van der Waals surface area contributed by atoms with E-state index in [4.69, 9.17) is 5.73 Å². The molecule has 1 saturated carbocycles. The Kier molecular flexibility index (Phi) is 7.01. The molecular formula is C17H34N2O. The van der Waals surface area contributed by atoms with Crippen molar-refractivity contribution in [2.45, 2.75) is 66.2 Å². The van der Waals surface area contributed by atoms with Crippen LogP contribution in [0.25, 0.3) is 0 Å². The Morgan fingerprint density at radius 3 is 2.20 bits per heavy atom. The van der Waals surface area contributed by atoms with Crippen LogP contribution < -0.4 is 5.73 Å². The predicted molar refractivity (Wildman–Crippen MR) is 85.4 cm³/mol. The fourth-order valence-electron chi connectivity index (χ4n) is 3.30. The summed E-state index contributed by atoms with van der Waals surface area (Å²) in [6.45, 7) is 11.3. The Morgan fingerprint density at radius 1 is 1.15 bits per heavy atom. The van der Waals surface area contributed by atoms with Gasteiger partial charge in [-0.1, -0.05) is 34.1 Å². The van der Waals surface area contributed by atoms with Gasteiger partial charge < -0.3 is 10.6 Å². The van der Waals surface area contributed by atoms with E-state index in [-0.39, 0.29) is 5.92 Å². The minimum atomic E-state index is 0.247. The van der Waals surface area contributed by atoms with E-state index in [1.54, 1.807) is 0 Å². The summed E-state index contributed by atoms with van der Waals surface area (Å²) in [5, 5.41) is 0. The monoisotopic (exact) mass is 282 g/mol. The van der Waals surface area contributed by atoms with Gasteiger partial charge in [0.2, 0.25) is 5.91 Å². The van der Waals surface area contributed by atoms with Gasteiger partial charge in [-0.05, 0) is 43.4 Å². The molecule has 1 aliphatic carbocycles. The molecule has 0 aromatic carbocycles. The van der Waals surface area contributed by atoms with E-state index in [0.29, 0.717) is 17.9 Å². The van der Waals surface area contributed by atoms with Crippen LogP contribution in [0.2, 0.25) is 0 Å². The SMILES string of the molecule is CCCCN(CCN)C(=O)C1CCC(C(C)(C)C)CC1. The van der Waals surface area contributed by atoms with Crippen LogP contribution in [0.5, 0.6) is 0 Å². The van der Waals surface area contributed by atoms with Gasteiger partial charge in [-0.3, -0.25) is 4.79 Å². The van der Waals surface area contributed by atoms with Crippen molar-refractivity contribution in [1.29, 1.82) is 0 Å². The predicted octanol–water partition coefficient (Wildman–Crippen LogP) is 3.43. The second kappa shape index (κ2) is 8.02. The van der Waals surface area contributed by atoms with Crippen molar-refractivity contribution in [2.24, 2.45) is 23.0 Å². The number of carbonyl (C=O) groups is 1. The third kappa shape index (κ3) is 5.08. The number of nitrogens with two attached hydrogens (primary N) is 1. The summed E-state index contributed by atoms with van der Waals surface area (Å²) in [6, 6.07) is 0. The zero-order valence-corrected chi connectivity index (χ0v) is 14.0. The van der Waals surface area contributed by atoms with E-state index >= 15 is 0 Å². The third-order valence-electron chi connectivity index (χ3n) is 4.79. The molecule has 1 fully saturated rings. The van der Waals surface area contributed by atoms with E-state index in [1.165, 1.54) is 12.8 Å². The highest BCUT2D eigenvalue weighted by Gasteiger charge is 2.33. The molecule has 0 atom stereocenters. The third-order valence-corrected chi connectivity index (χ3v) is 4.79. The Labute approximate surface area is 125 Å². The van der Waals surface area contributed by atoms with Crippen LogP contribution in [0.3, 0.4) is 0 Å². The van der Waals surface area contributed by atoms with E-state index in [0.717, 1.165) is 44.7 Å². The fourth-order valence-corrected chi connectivity index (χ4v) is 3.30. The average molecular weight is 282 g/mol. The minimum absolute atomic E-state index is 0.247. The van der Waals surface area contributed by atoms with Crippen LogP contribution in [0.4, 0.5) is 0 Å². The highest BCUT2D eigenvalue weighted by Crippen LogP contribution is 2.40. The van der Waals surface area contributed by atoms with Gasteiger partial charge in [0.25, 0.3) is 0 Å². The Hall–Kier alpha value is -0.570. The maximum Gasteiger partial charge on any atom is 0.225 e. The average Bonchev–Trinajstić information content (AvgIpc) is 2.42. The molecular weight excluding hydrogens is 248 g/mol. The molecule has 0 heterocycles. The number of amides is 1. The highest BCUT2D eigenvalue weighted by molar-refractivity contribution is 5.78. The van der Waals surface area contributed by atoms with Crippen LogP contribution in [0.1, 0.15) is 66.2 Å². The summed E-state index contributed by atoms with van der Waals surface area (Å²) in [5.41, 5.74) is 6.04. The Balaban J connectivity index is 2.51. The summed E-state index contributed by atoms with van der Waals surface area (Å²) < 4.78 is 0. The summed E-state index contributed by atoms with van der Waals surface area (Å²) in [6.07, 6.45) is 6.74. The first kappa shape index (κ1) is 17.5. The Morgan fingerprint density at radius 2 is 1.75 bits per heavy atom. The highest BCUT2D eigenvalue weighted by atomic mass is 16.2. The van der Waals surface area contributed by atoms with Crippen LogP contribution in [0.15, 0.2) is 0 Å². The summed E-state index contributed by atoms with van der Waals surface area (Å²) in [4.78, 5) is 14.6. The van der Waals surface area contributed by atoms with Gasteiger partial charge in [0.05, 0.1) is 0 Å². The topological polar surface area (TPSA) is 46.3 Å². The van der Waals surface area contributed by atoms with Gasteiger partial charge in [0, 0.05) is 25.6 Å². The number of hydrogen-bond donors (Lipinski definition) is 1.